The number of nitriles is 1. The number of hydrogen-bond acceptors (Lipinski definition) is 6. The number of rotatable bonds is 3. The van der Waals surface area contributed by atoms with Crippen LogP contribution in [0.5, 0.6) is 0 Å². The number of fused-ring (bicyclic) bond motifs is 1. The second kappa shape index (κ2) is 7.05. The maximum atomic E-state index is 9.35. The standard InChI is InChI=1S/C22H28N6O/c1-16-9-22(6-8-24-14-22)15-27(16)13-19-12-26(11-17(2)29-19)20-4-3-18(10-23)28-21(20)5-7-25-28/h3-5,7,17,19,24H,1,6,8-9,11-15H2,2H3/t17-,19-,22?/m1/s1. The zero-order valence-electron chi connectivity index (χ0n) is 17.0. The molecule has 2 aromatic heterocycles. The summed E-state index contributed by atoms with van der Waals surface area (Å²) in [7, 11) is 0. The molecule has 3 aliphatic heterocycles. The van der Waals surface area contributed by atoms with Gasteiger partial charge in [-0.25, -0.2) is 4.52 Å². The van der Waals surface area contributed by atoms with Crippen LogP contribution in [-0.4, -0.2) is 66.0 Å². The zero-order valence-corrected chi connectivity index (χ0v) is 17.0. The first-order valence-electron chi connectivity index (χ1n) is 10.5. The van der Waals surface area contributed by atoms with E-state index in [-0.39, 0.29) is 12.2 Å². The van der Waals surface area contributed by atoms with E-state index in [9.17, 15) is 5.26 Å². The van der Waals surface area contributed by atoms with Crippen molar-refractivity contribution in [1.82, 2.24) is 19.8 Å². The molecular formula is C22H28N6O. The first-order valence-corrected chi connectivity index (χ1v) is 10.5. The van der Waals surface area contributed by atoms with Crippen molar-refractivity contribution < 1.29 is 4.74 Å². The van der Waals surface area contributed by atoms with Crippen LogP contribution in [0.3, 0.4) is 0 Å². The molecule has 1 N–H and O–H groups in total. The molecule has 29 heavy (non-hydrogen) atoms. The molecule has 3 aliphatic rings. The molecule has 0 saturated carbocycles. The highest BCUT2D eigenvalue weighted by Gasteiger charge is 2.43. The van der Waals surface area contributed by atoms with Crippen molar-refractivity contribution in [3.8, 4) is 6.07 Å². The molecule has 0 aliphatic carbocycles. The Morgan fingerprint density at radius 3 is 3.07 bits per heavy atom. The Morgan fingerprint density at radius 1 is 1.38 bits per heavy atom. The van der Waals surface area contributed by atoms with Crippen LogP contribution >= 0.6 is 0 Å². The Hall–Kier alpha value is -2.56. The molecule has 5 rings (SSSR count). The van der Waals surface area contributed by atoms with Crippen LogP contribution in [-0.2, 0) is 4.74 Å². The van der Waals surface area contributed by atoms with Crippen LogP contribution in [0, 0.1) is 16.7 Å². The first kappa shape index (κ1) is 18.5. The van der Waals surface area contributed by atoms with Gasteiger partial charge in [0.25, 0.3) is 0 Å². The Labute approximate surface area is 171 Å². The number of ether oxygens (including phenoxy) is 1. The monoisotopic (exact) mass is 392 g/mol. The Bertz CT molecular complexity index is 969. The smallest absolute Gasteiger partial charge is 0.142 e. The van der Waals surface area contributed by atoms with Gasteiger partial charge in [-0.3, -0.25) is 0 Å². The van der Waals surface area contributed by atoms with Crippen LogP contribution < -0.4 is 10.2 Å². The number of morpholine rings is 1. The lowest BCUT2D eigenvalue weighted by atomic mass is 9.86. The van der Waals surface area contributed by atoms with Gasteiger partial charge in [0.05, 0.1) is 29.6 Å². The topological polar surface area (TPSA) is 68.8 Å². The van der Waals surface area contributed by atoms with Gasteiger partial charge in [-0.05, 0) is 44.5 Å². The van der Waals surface area contributed by atoms with Gasteiger partial charge in [0.15, 0.2) is 0 Å². The summed E-state index contributed by atoms with van der Waals surface area (Å²) < 4.78 is 8.05. The van der Waals surface area contributed by atoms with E-state index in [2.05, 4.69) is 39.8 Å². The fraction of sp³-hybridized carbons (Fsp3) is 0.545. The zero-order chi connectivity index (χ0) is 20.0. The first-order chi connectivity index (χ1) is 14.1. The highest BCUT2D eigenvalue weighted by Crippen LogP contribution is 2.41. The van der Waals surface area contributed by atoms with E-state index in [1.165, 1.54) is 12.1 Å². The molecule has 1 unspecified atom stereocenters. The van der Waals surface area contributed by atoms with Gasteiger partial charge < -0.3 is 19.9 Å². The normalized spacial score (nSPS) is 29.9. The second-order valence-corrected chi connectivity index (χ2v) is 8.87. The van der Waals surface area contributed by atoms with Crippen molar-refractivity contribution in [2.24, 2.45) is 5.41 Å². The average molecular weight is 393 g/mol. The summed E-state index contributed by atoms with van der Waals surface area (Å²) in [4.78, 5) is 4.82. The number of likely N-dealkylation sites (tertiary alicyclic amines) is 1. The number of pyridine rings is 1. The van der Waals surface area contributed by atoms with Crippen LogP contribution in [0.1, 0.15) is 25.5 Å². The van der Waals surface area contributed by atoms with E-state index in [0.717, 1.165) is 56.9 Å². The average Bonchev–Trinajstić information content (AvgIpc) is 3.42. The number of anilines is 1. The molecule has 0 aromatic carbocycles. The lowest BCUT2D eigenvalue weighted by molar-refractivity contribution is -0.0276. The van der Waals surface area contributed by atoms with E-state index in [4.69, 9.17) is 4.74 Å². The quantitative estimate of drug-likeness (QED) is 0.862. The number of nitrogens with zero attached hydrogens (tertiary/aromatic N) is 5. The number of aromatic nitrogens is 2. The molecule has 7 nitrogen and oxygen atoms in total. The highest BCUT2D eigenvalue weighted by molar-refractivity contribution is 5.74. The van der Waals surface area contributed by atoms with Gasteiger partial charge in [-0.2, -0.15) is 10.4 Å². The lowest BCUT2D eigenvalue weighted by Gasteiger charge is -2.40. The Balaban J connectivity index is 1.35. The molecule has 0 bridgehead atoms. The molecular weight excluding hydrogens is 364 g/mol. The van der Waals surface area contributed by atoms with Gasteiger partial charge in [-0.15, -0.1) is 0 Å². The van der Waals surface area contributed by atoms with Crippen molar-refractivity contribution >= 4 is 11.2 Å². The molecule has 3 atom stereocenters. The molecule has 5 heterocycles. The third-order valence-corrected chi connectivity index (χ3v) is 6.62. The van der Waals surface area contributed by atoms with Crippen LogP contribution in [0.2, 0.25) is 0 Å². The van der Waals surface area contributed by atoms with Gasteiger partial charge in [0.1, 0.15) is 11.8 Å². The number of allylic oxidation sites excluding steroid dienone is 1. The molecule has 3 saturated heterocycles. The molecule has 152 valence electrons. The SMILES string of the molecule is C=C1CC2(CCNC2)CN1C[C@H]1CN(c2ccc(C#N)n3nccc23)C[C@@H](C)O1. The number of nitrogens with one attached hydrogen (secondary N) is 1. The summed E-state index contributed by atoms with van der Waals surface area (Å²) in [5.41, 5.74) is 4.25. The highest BCUT2D eigenvalue weighted by atomic mass is 16.5. The molecule has 2 aromatic rings. The molecule has 0 amide bonds. The summed E-state index contributed by atoms with van der Waals surface area (Å²) in [6.07, 6.45) is 4.35. The number of hydrogen-bond donors (Lipinski definition) is 1. The molecule has 0 radical (unpaired) electrons. The third kappa shape index (κ3) is 3.26. The Morgan fingerprint density at radius 2 is 2.28 bits per heavy atom. The molecule has 1 spiro atoms. The summed E-state index contributed by atoms with van der Waals surface area (Å²) >= 11 is 0. The van der Waals surface area contributed by atoms with E-state index in [0.29, 0.717) is 11.1 Å². The van der Waals surface area contributed by atoms with E-state index in [1.807, 2.05) is 18.2 Å². The minimum absolute atomic E-state index is 0.124. The summed E-state index contributed by atoms with van der Waals surface area (Å²) in [5, 5.41) is 17.2. The van der Waals surface area contributed by atoms with Gasteiger partial charge in [-0.1, -0.05) is 6.58 Å². The Kier molecular flexibility index (Phi) is 4.49. The van der Waals surface area contributed by atoms with Crippen molar-refractivity contribution in [2.45, 2.75) is 32.0 Å². The van der Waals surface area contributed by atoms with Crippen LogP contribution in [0.25, 0.3) is 5.52 Å². The van der Waals surface area contributed by atoms with Gasteiger partial charge in [0, 0.05) is 43.8 Å². The van der Waals surface area contributed by atoms with Crippen LogP contribution in [0.4, 0.5) is 5.69 Å². The fourth-order valence-electron chi connectivity index (χ4n) is 5.34. The van der Waals surface area contributed by atoms with E-state index >= 15 is 0 Å². The lowest BCUT2D eigenvalue weighted by Crippen LogP contribution is -2.50. The van der Waals surface area contributed by atoms with Crippen LogP contribution in [0.15, 0.2) is 36.7 Å². The van der Waals surface area contributed by atoms with Crippen molar-refractivity contribution in [1.29, 1.82) is 5.26 Å². The maximum absolute atomic E-state index is 9.35. The molecule has 3 fully saturated rings. The molecule has 7 heteroatoms. The minimum atomic E-state index is 0.124. The second-order valence-electron chi connectivity index (χ2n) is 8.87. The predicted octanol–water partition coefficient (Wildman–Crippen LogP) is 2.00. The third-order valence-electron chi connectivity index (χ3n) is 6.62. The van der Waals surface area contributed by atoms with Gasteiger partial charge in [0.2, 0.25) is 0 Å². The maximum Gasteiger partial charge on any atom is 0.142 e. The van der Waals surface area contributed by atoms with Crippen molar-refractivity contribution in [3.05, 3.63) is 42.4 Å². The minimum Gasteiger partial charge on any atom is -0.372 e. The summed E-state index contributed by atoms with van der Waals surface area (Å²) in [6, 6.07) is 8.08. The summed E-state index contributed by atoms with van der Waals surface area (Å²) in [6.45, 7) is 12.3. The van der Waals surface area contributed by atoms with E-state index in [1.54, 1.807) is 10.7 Å². The predicted molar refractivity (Wildman–Crippen MR) is 112 cm³/mol. The fourth-order valence-corrected chi connectivity index (χ4v) is 5.34. The largest absolute Gasteiger partial charge is 0.372 e. The van der Waals surface area contributed by atoms with Gasteiger partial charge >= 0.3 is 0 Å². The van der Waals surface area contributed by atoms with E-state index < -0.39 is 0 Å². The summed E-state index contributed by atoms with van der Waals surface area (Å²) in [5.74, 6) is 0. The van der Waals surface area contributed by atoms with Crippen molar-refractivity contribution in [2.75, 3.05) is 44.2 Å². The van der Waals surface area contributed by atoms with Crippen molar-refractivity contribution in [3.63, 3.8) is 0 Å².